The molecule has 6 aromatic rings. The van der Waals surface area contributed by atoms with Gasteiger partial charge in [0.1, 0.15) is 11.3 Å². The zero-order valence-electron chi connectivity index (χ0n) is 20.4. The molecule has 0 saturated carbocycles. The molecule has 38 heavy (non-hydrogen) atoms. The van der Waals surface area contributed by atoms with Crippen LogP contribution in [0.4, 0.5) is 5.69 Å². The van der Waals surface area contributed by atoms with E-state index < -0.39 is 0 Å². The Kier molecular flexibility index (Phi) is 5.26. The second-order valence-electron chi connectivity index (χ2n) is 9.45. The molecular formula is C28H24N8O2. The summed E-state index contributed by atoms with van der Waals surface area (Å²) in [6.07, 6.45) is 8.88. The highest BCUT2D eigenvalue weighted by Crippen LogP contribution is 2.38. The number of rotatable bonds is 4. The molecule has 4 aromatic heterocycles. The summed E-state index contributed by atoms with van der Waals surface area (Å²) >= 11 is 0. The Morgan fingerprint density at radius 2 is 1.95 bits per heavy atom. The van der Waals surface area contributed by atoms with Crippen molar-refractivity contribution in [1.82, 2.24) is 34.9 Å². The Balaban J connectivity index is 1.50. The molecule has 1 aliphatic heterocycles. The zero-order chi connectivity index (χ0) is 25.6. The minimum atomic E-state index is -0.328. The third kappa shape index (κ3) is 3.65. The molecule has 2 aromatic carbocycles. The van der Waals surface area contributed by atoms with Gasteiger partial charge in [-0.25, -0.2) is 9.67 Å². The molecule has 188 valence electrons. The quantitative estimate of drug-likeness (QED) is 0.306. The highest BCUT2D eigenvalue weighted by atomic mass is 16.5. The topological polar surface area (TPSA) is 140 Å². The first-order chi connectivity index (χ1) is 18.7. The van der Waals surface area contributed by atoms with Crippen LogP contribution >= 0.6 is 0 Å². The lowest BCUT2D eigenvalue weighted by molar-refractivity contribution is 0.0844. The fourth-order valence-electron chi connectivity index (χ4n) is 5.25. The van der Waals surface area contributed by atoms with Gasteiger partial charge in [-0.05, 0) is 48.7 Å². The Morgan fingerprint density at radius 3 is 2.79 bits per heavy atom. The van der Waals surface area contributed by atoms with Gasteiger partial charge in [-0.2, -0.15) is 10.2 Å². The summed E-state index contributed by atoms with van der Waals surface area (Å²) in [5.41, 5.74) is 12.0. The molecule has 0 aliphatic carbocycles. The number of H-pyrrole nitrogens is 2. The van der Waals surface area contributed by atoms with Crippen molar-refractivity contribution >= 4 is 27.5 Å². The highest BCUT2D eigenvalue weighted by molar-refractivity contribution is 6.07. The van der Waals surface area contributed by atoms with Crippen LogP contribution in [0.5, 0.6) is 0 Å². The van der Waals surface area contributed by atoms with Crippen LogP contribution in [0.3, 0.4) is 0 Å². The van der Waals surface area contributed by atoms with E-state index in [2.05, 4.69) is 20.2 Å². The largest absolute Gasteiger partial charge is 0.398 e. The lowest BCUT2D eigenvalue weighted by Crippen LogP contribution is -2.16. The van der Waals surface area contributed by atoms with Gasteiger partial charge in [0.05, 0.1) is 34.2 Å². The molecule has 0 atom stereocenters. The lowest BCUT2D eigenvalue weighted by Gasteiger charge is -2.20. The zero-order valence-corrected chi connectivity index (χ0v) is 20.4. The van der Waals surface area contributed by atoms with Crippen LogP contribution in [0.1, 0.15) is 24.5 Å². The van der Waals surface area contributed by atoms with E-state index in [1.54, 1.807) is 29.3 Å². The van der Waals surface area contributed by atoms with E-state index in [0.717, 1.165) is 48.2 Å². The second-order valence-corrected chi connectivity index (χ2v) is 9.45. The van der Waals surface area contributed by atoms with Crippen molar-refractivity contribution in [3.63, 3.8) is 0 Å². The predicted molar refractivity (Wildman–Crippen MR) is 145 cm³/mol. The fourth-order valence-corrected chi connectivity index (χ4v) is 5.25. The van der Waals surface area contributed by atoms with E-state index in [4.69, 9.17) is 20.6 Å². The minimum Gasteiger partial charge on any atom is -0.398 e. The van der Waals surface area contributed by atoms with Crippen LogP contribution in [-0.4, -0.2) is 48.1 Å². The van der Waals surface area contributed by atoms with Crippen LogP contribution in [-0.2, 0) is 4.74 Å². The first-order valence-corrected chi connectivity index (χ1v) is 12.5. The van der Waals surface area contributed by atoms with Crippen molar-refractivity contribution in [3.8, 4) is 28.2 Å². The number of nitrogen functional groups attached to an aromatic ring is 1. The number of nitrogens with two attached hydrogens (primary N) is 1. The van der Waals surface area contributed by atoms with E-state index in [0.29, 0.717) is 45.1 Å². The molecule has 10 heteroatoms. The average Bonchev–Trinajstić information content (AvgIpc) is 3.64. The van der Waals surface area contributed by atoms with Crippen molar-refractivity contribution in [2.24, 2.45) is 0 Å². The van der Waals surface area contributed by atoms with Crippen LogP contribution in [0.15, 0.2) is 72.0 Å². The van der Waals surface area contributed by atoms with Gasteiger partial charge < -0.3 is 15.5 Å². The van der Waals surface area contributed by atoms with Crippen LogP contribution in [0, 0.1) is 0 Å². The Hall–Kier alpha value is -4.83. The third-order valence-corrected chi connectivity index (χ3v) is 7.21. The Labute approximate surface area is 216 Å². The number of nitrogens with zero attached hydrogens (tertiary/aromatic N) is 5. The van der Waals surface area contributed by atoms with E-state index in [9.17, 15) is 4.79 Å². The molecule has 0 bridgehead atoms. The molecule has 1 saturated heterocycles. The SMILES string of the molecule is Nc1c(-c2cccc3[nH]ncc23)cc(-n2ccc(C3CCOCC3)n2)c2nc(-c3cccnc3)[nH]c(=O)c12. The van der Waals surface area contributed by atoms with Gasteiger partial charge in [0, 0.05) is 54.2 Å². The molecule has 1 aliphatic rings. The molecule has 1 fully saturated rings. The average molecular weight is 505 g/mol. The third-order valence-electron chi connectivity index (χ3n) is 7.21. The molecule has 0 spiro atoms. The maximum atomic E-state index is 13.6. The molecule has 0 radical (unpaired) electrons. The summed E-state index contributed by atoms with van der Waals surface area (Å²) in [4.78, 5) is 25.5. The van der Waals surface area contributed by atoms with Crippen LogP contribution in [0.2, 0.25) is 0 Å². The number of aromatic amines is 2. The fraction of sp³-hybridized carbons (Fsp3) is 0.179. The van der Waals surface area contributed by atoms with E-state index in [1.165, 1.54) is 0 Å². The Morgan fingerprint density at radius 1 is 1.05 bits per heavy atom. The summed E-state index contributed by atoms with van der Waals surface area (Å²) in [6.45, 7) is 1.46. The van der Waals surface area contributed by atoms with Crippen LogP contribution in [0.25, 0.3) is 50.0 Å². The highest BCUT2D eigenvalue weighted by Gasteiger charge is 2.22. The van der Waals surface area contributed by atoms with E-state index in [1.807, 2.05) is 42.6 Å². The molecule has 0 unspecified atom stereocenters. The van der Waals surface area contributed by atoms with Crippen molar-refractivity contribution in [2.45, 2.75) is 18.8 Å². The van der Waals surface area contributed by atoms with Gasteiger partial charge in [-0.15, -0.1) is 0 Å². The number of ether oxygens (including phenoxy) is 1. The first-order valence-electron chi connectivity index (χ1n) is 12.5. The number of hydrogen-bond acceptors (Lipinski definition) is 7. The number of anilines is 1. The van der Waals surface area contributed by atoms with Gasteiger partial charge >= 0.3 is 0 Å². The molecule has 7 rings (SSSR count). The van der Waals surface area contributed by atoms with E-state index >= 15 is 0 Å². The maximum Gasteiger partial charge on any atom is 0.261 e. The van der Waals surface area contributed by atoms with E-state index in [-0.39, 0.29) is 5.56 Å². The van der Waals surface area contributed by atoms with Crippen LogP contribution < -0.4 is 11.3 Å². The number of nitrogens with one attached hydrogen (secondary N) is 2. The number of hydrogen-bond donors (Lipinski definition) is 3. The van der Waals surface area contributed by atoms with Gasteiger partial charge in [0.2, 0.25) is 0 Å². The first kappa shape index (κ1) is 22.4. The number of aromatic nitrogens is 7. The second kappa shape index (κ2) is 8.93. The minimum absolute atomic E-state index is 0.314. The predicted octanol–water partition coefficient (Wildman–Crippen LogP) is 4.19. The molecule has 0 amide bonds. The van der Waals surface area contributed by atoms with Crippen molar-refractivity contribution in [1.29, 1.82) is 0 Å². The summed E-state index contributed by atoms with van der Waals surface area (Å²) in [6, 6.07) is 13.5. The number of pyridine rings is 1. The summed E-state index contributed by atoms with van der Waals surface area (Å²) in [5, 5.41) is 13.4. The van der Waals surface area contributed by atoms with Gasteiger partial charge in [-0.3, -0.25) is 14.9 Å². The van der Waals surface area contributed by atoms with Crippen molar-refractivity contribution in [2.75, 3.05) is 18.9 Å². The summed E-state index contributed by atoms with van der Waals surface area (Å²) in [7, 11) is 0. The van der Waals surface area contributed by atoms with Crippen molar-refractivity contribution < 1.29 is 4.74 Å². The van der Waals surface area contributed by atoms with Gasteiger partial charge in [0.15, 0.2) is 0 Å². The smallest absolute Gasteiger partial charge is 0.261 e. The monoisotopic (exact) mass is 504 g/mol. The maximum absolute atomic E-state index is 13.6. The number of fused-ring (bicyclic) bond motifs is 2. The molecule has 4 N–H and O–H groups in total. The molecular weight excluding hydrogens is 480 g/mol. The molecule has 5 heterocycles. The summed E-state index contributed by atoms with van der Waals surface area (Å²) < 4.78 is 7.33. The number of benzene rings is 2. The summed E-state index contributed by atoms with van der Waals surface area (Å²) in [5.74, 6) is 0.740. The normalized spacial score (nSPS) is 14.4. The standard InChI is InChI=1S/C28H24N8O2/c29-25-19(18-4-1-5-22-20(18)15-31-34-22)13-23(36-10-6-21(35-36)16-7-11-38-12-8-16)26-24(25)28(37)33-27(32-26)17-3-2-9-30-14-17/h1-6,9-10,13-16H,7-8,11-12,29H2,(H,31,34)(H,32,33,37). The van der Waals surface area contributed by atoms with Gasteiger partial charge in [0.25, 0.3) is 5.56 Å². The van der Waals surface area contributed by atoms with Gasteiger partial charge in [-0.1, -0.05) is 12.1 Å². The lowest BCUT2D eigenvalue weighted by atomic mass is 9.97. The van der Waals surface area contributed by atoms with Crippen molar-refractivity contribution in [3.05, 3.63) is 83.3 Å². The molecule has 10 nitrogen and oxygen atoms in total. The Bertz CT molecular complexity index is 1850.